The lowest BCUT2D eigenvalue weighted by atomic mass is 9.83. The van der Waals surface area contributed by atoms with Crippen molar-refractivity contribution in [1.29, 1.82) is 0 Å². The molecule has 1 aliphatic carbocycles. The number of rotatable bonds is 5. The topological polar surface area (TPSA) is 115 Å². The summed E-state index contributed by atoms with van der Waals surface area (Å²) in [5.41, 5.74) is 7.18. The number of nitrogens with zero attached hydrogens (tertiary/aromatic N) is 3. The number of halogens is 1. The molecule has 3 fully saturated rings. The highest BCUT2D eigenvalue weighted by Crippen LogP contribution is 2.45. The van der Waals surface area contributed by atoms with E-state index in [1.165, 1.54) is 11.3 Å². The van der Waals surface area contributed by atoms with E-state index in [4.69, 9.17) is 22.1 Å². The largest absolute Gasteiger partial charge is 0.366 e. The second-order valence-corrected chi connectivity index (χ2v) is 10.2. The Kier molecular flexibility index (Phi) is 5.73. The van der Waals surface area contributed by atoms with E-state index in [9.17, 15) is 14.4 Å². The fraction of sp³-hybridized carbons (Fsp3) is 0.500. The van der Waals surface area contributed by atoms with Crippen molar-refractivity contribution < 1.29 is 19.1 Å². The summed E-state index contributed by atoms with van der Waals surface area (Å²) in [6.07, 6.45) is 6.53. The van der Waals surface area contributed by atoms with Crippen LogP contribution in [0.15, 0.2) is 24.5 Å². The summed E-state index contributed by atoms with van der Waals surface area (Å²) >= 11 is 7.70. The predicted molar refractivity (Wildman–Crippen MR) is 118 cm³/mol. The maximum absolute atomic E-state index is 14.0. The van der Waals surface area contributed by atoms with Crippen molar-refractivity contribution in [2.24, 2.45) is 11.7 Å². The van der Waals surface area contributed by atoms with Gasteiger partial charge in [-0.15, -0.1) is 22.9 Å². The Balaban J connectivity index is 1.57. The average molecular weight is 475 g/mol. The molecule has 8 nitrogen and oxygen atoms in total. The van der Waals surface area contributed by atoms with E-state index in [2.05, 4.69) is 10.2 Å². The Morgan fingerprint density at radius 1 is 1.28 bits per heavy atom. The van der Waals surface area contributed by atoms with E-state index in [-0.39, 0.29) is 30.8 Å². The molecule has 2 N–H and O–H groups in total. The van der Waals surface area contributed by atoms with E-state index in [0.717, 1.165) is 36.1 Å². The molecule has 5 rings (SSSR count). The van der Waals surface area contributed by atoms with Gasteiger partial charge < -0.3 is 15.4 Å². The second kappa shape index (κ2) is 8.53. The summed E-state index contributed by atoms with van der Waals surface area (Å²) in [4.78, 5) is 41.6. The fourth-order valence-electron chi connectivity index (χ4n) is 5.29. The molecule has 10 heteroatoms. The van der Waals surface area contributed by atoms with Crippen LogP contribution in [0.2, 0.25) is 0 Å². The van der Waals surface area contributed by atoms with Crippen molar-refractivity contribution in [3.63, 3.8) is 0 Å². The van der Waals surface area contributed by atoms with Gasteiger partial charge in [0.05, 0.1) is 28.6 Å². The number of aromatic nitrogens is 2. The van der Waals surface area contributed by atoms with Gasteiger partial charge in [-0.2, -0.15) is 10.2 Å². The Hall–Kier alpha value is -2.36. The number of hydrogen-bond donors (Lipinski definition) is 1. The number of amides is 2. The summed E-state index contributed by atoms with van der Waals surface area (Å²) < 4.78 is 5.56. The van der Waals surface area contributed by atoms with Crippen LogP contribution in [0, 0.1) is 5.92 Å². The van der Waals surface area contributed by atoms with Crippen LogP contribution in [0.25, 0.3) is 10.4 Å². The molecule has 4 atom stereocenters. The third kappa shape index (κ3) is 3.62. The van der Waals surface area contributed by atoms with Gasteiger partial charge in [0, 0.05) is 17.0 Å². The van der Waals surface area contributed by atoms with Crippen LogP contribution in [-0.4, -0.2) is 63.4 Å². The molecular weight excluding hydrogens is 452 g/mol. The molecule has 3 aliphatic rings. The molecule has 1 saturated carbocycles. The highest BCUT2D eigenvalue weighted by atomic mass is 35.5. The molecule has 0 aromatic carbocycles. The zero-order valence-corrected chi connectivity index (χ0v) is 18.8. The number of carbonyl (C=O) groups excluding carboxylic acids is 3. The number of carbonyl (C=O) groups is 3. The number of nitrogens with two attached hydrogens (primary N) is 1. The minimum Gasteiger partial charge on any atom is -0.366 e. The van der Waals surface area contributed by atoms with Crippen LogP contribution in [0.1, 0.15) is 46.8 Å². The summed E-state index contributed by atoms with van der Waals surface area (Å²) in [6, 6.07) is 3.02. The predicted octanol–water partition coefficient (Wildman–Crippen LogP) is 2.36. The highest BCUT2D eigenvalue weighted by Gasteiger charge is 2.53. The van der Waals surface area contributed by atoms with Crippen LogP contribution < -0.4 is 5.73 Å². The first kappa shape index (κ1) is 21.5. The van der Waals surface area contributed by atoms with Crippen molar-refractivity contribution >= 4 is 40.5 Å². The molecule has 32 heavy (non-hydrogen) atoms. The van der Waals surface area contributed by atoms with Crippen LogP contribution in [0.4, 0.5) is 0 Å². The minimum atomic E-state index is -0.659. The molecule has 2 aromatic rings. The van der Waals surface area contributed by atoms with Gasteiger partial charge in [0.15, 0.2) is 5.78 Å². The summed E-state index contributed by atoms with van der Waals surface area (Å²) in [5, 5.41) is 7.29. The number of alkyl halides is 1. The maximum Gasteiger partial charge on any atom is 0.259 e. The Labute approximate surface area is 194 Å². The molecule has 2 aliphatic heterocycles. The van der Waals surface area contributed by atoms with Crippen molar-refractivity contribution in [2.75, 3.05) is 13.2 Å². The van der Waals surface area contributed by atoms with Crippen LogP contribution in [0.5, 0.6) is 0 Å². The molecule has 0 radical (unpaired) electrons. The number of fused-ring (bicyclic) bond motifs is 1. The summed E-state index contributed by atoms with van der Waals surface area (Å²) in [7, 11) is 0. The summed E-state index contributed by atoms with van der Waals surface area (Å²) in [5.74, 6) is -1.35. The highest BCUT2D eigenvalue weighted by molar-refractivity contribution is 7.17. The first-order valence-corrected chi connectivity index (χ1v) is 12.0. The lowest BCUT2D eigenvalue weighted by Crippen LogP contribution is -2.45. The van der Waals surface area contributed by atoms with Crippen molar-refractivity contribution in [1.82, 2.24) is 15.1 Å². The Morgan fingerprint density at radius 2 is 2.06 bits per heavy atom. The van der Waals surface area contributed by atoms with Gasteiger partial charge >= 0.3 is 0 Å². The van der Waals surface area contributed by atoms with Crippen molar-refractivity contribution in [2.45, 2.75) is 49.1 Å². The number of thiophene rings is 1. The van der Waals surface area contributed by atoms with E-state index < -0.39 is 29.3 Å². The van der Waals surface area contributed by atoms with E-state index >= 15 is 0 Å². The molecule has 2 amide bonds. The van der Waals surface area contributed by atoms with Crippen molar-refractivity contribution in [3.05, 3.63) is 35.0 Å². The zero-order chi connectivity index (χ0) is 22.4. The van der Waals surface area contributed by atoms with Gasteiger partial charge in [-0.1, -0.05) is 12.8 Å². The third-order valence-electron chi connectivity index (χ3n) is 6.73. The third-order valence-corrected chi connectivity index (χ3v) is 8.33. The Bertz CT molecular complexity index is 1060. The van der Waals surface area contributed by atoms with Gasteiger partial charge in [-0.05, 0) is 36.5 Å². The molecule has 4 heterocycles. The number of ketones is 1. The fourth-order valence-corrected chi connectivity index (χ4v) is 6.70. The van der Waals surface area contributed by atoms with Crippen molar-refractivity contribution in [3.8, 4) is 10.4 Å². The molecule has 0 spiro atoms. The number of Topliss-reactive ketones (excluding diaryl/α,β-unsaturated/α-hetero) is 1. The molecule has 168 valence electrons. The average Bonchev–Trinajstić information content (AvgIpc) is 3.56. The maximum atomic E-state index is 14.0. The zero-order valence-electron chi connectivity index (χ0n) is 17.3. The van der Waals surface area contributed by atoms with Crippen LogP contribution in [-0.2, 0) is 14.3 Å². The first-order chi connectivity index (χ1) is 15.5. The number of hydrogen-bond acceptors (Lipinski definition) is 7. The Morgan fingerprint density at radius 3 is 2.75 bits per heavy atom. The quantitative estimate of drug-likeness (QED) is 0.665. The van der Waals surface area contributed by atoms with E-state index in [0.29, 0.717) is 10.4 Å². The SMILES string of the molecule is NC(=O)c1sc(-c2ccnnc2)cc1[C@@H](C(=O)N1C[C@H](Cl)[C@H]2OCC(=O)[C@H]21)C1CCCC1. The van der Waals surface area contributed by atoms with Gasteiger partial charge in [0.2, 0.25) is 5.91 Å². The lowest BCUT2D eigenvalue weighted by Gasteiger charge is -2.30. The molecule has 0 unspecified atom stereocenters. The van der Waals surface area contributed by atoms with Gasteiger partial charge in [-0.25, -0.2) is 0 Å². The molecule has 0 bridgehead atoms. The normalized spacial score (nSPS) is 26.5. The molecule has 2 saturated heterocycles. The van der Waals surface area contributed by atoms with E-state index in [1.54, 1.807) is 23.4 Å². The molecular formula is C22H23ClN4O4S. The second-order valence-electron chi connectivity index (χ2n) is 8.61. The van der Waals surface area contributed by atoms with Gasteiger partial charge in [0.25, 0.3) is 5.91 Å². The standard InChI is InChI=1S/C22H23ClN4O4S/c23-14-9-27(18-15(28)10-31-19(14)18)22(30)17(11-3-1-2-4-11)13-7-16(32-20(13)21(24)29)12-5-6-25-26-8-12/h5-8,11,14,17-19H,1-4,9-10H2,(H2,24,29)/t14-,17-,18+,19+/m0/s1. The lowest BCUT2D eigenvalue weighted by molar-refractivity contribution is -0.138. The number of likely N-dealkylation sites (tertiary alicyclic amines) is 1. The number of primary amides is 1. The number of ether oxygens (including phenoxy) is 1. The van der Waals surface area contributed by atoms with Gasteiger partial charge in [0.1, 0.15) is 18.8 Å². The monoisotopic (exact) mass is 474 g/mol. The minimum absolute atomic E-state index is 0.0272. The van der Waals surface area contributed by atoms with E-state index in [1.807, 2.05) is 6.07 Å². The van der Waals surface area contributed by atoms with Gasteiger partial charge in [-0.3, -0.25) is 14.4 Å². The first-order valence-electron chi connectivity index (χ1n) is 10.7. The smallest absolute Gasteiger partial charge is 0.259 e. The molecule has 2 aromatic heterocycles. The van der Waals surface area contributed by atoms with Crippen LogP contribution in [0.3, 0.4) is 0 Å². The van der Waals surface area contributed by atoms with Crippen LogP contribution >= 0.6 is 22.9 Å². The summed E-state index contributed by atoms with van der Waals surface area (Å²) in [6.45, 7) is 0.225.